The van der Waals surface area contributed by atoms with E-state index in [1.807, 2.05) is 19.1 Å². The van der Waals surface area contributed by atoms with Crippen LogP contribution < -0.4 is 10.6 Å². The first kappa shape index (κ1) is 17.0. The van der Waals surface area contributed by atoms with E-state index in [1.54, 1.807) is 0 Å². The molecule has 1 aliphatic carbocycles. The Balaban J connectivity index is 1.60. The van der Waals surface area contributed by atoms with Crippen LogP contribution in [0.15, 0.2) is 54.7 Å². The highest BCUT2D eigenvalue weighted by atomic mass is 16.1. The number of hydrogen-bond donors (Lipinski definition) is 2. The van der Waals surface area contributed by atoms with Crippen molar-refractivity contribution in [3.63, 3.8) is 0 Å². The average Bonchev–Trinajstić information content (AvgIpc) is 3.43. The molecule has 28 heavy (non-hydrogen) atoms. The van der Waals surface area contributed by atoms with Gasteiger partial charge in [-0.25, -0.2) is 0 Å². The minimum absolute atomic E-state index is 0.0229. The predicted octanol–water partition coefficient (Wildman–Crippen LogP) is 4.54. The molecular formula is C23H24N4O. The Morgan fingerprint density at radius 1 is 1.07 bits per heavy atom. The molecule has 2 aromatic carbocycles. The summed E-state index contributed by atoms with van der Waals surface area (Å²) in [5, 5.41) is 11.5. The molecule has 5 rings (SSSR count). The van der Waals surface area contributed by atoms with E-state index < -0.39 is 0 Å². The van der Waals surface area contributed by atoms with Gasteiger partial charge in [-0.15, -0.1) is 0 Å². The van der Waals surface area contributed by atoms with Crippen molar-refractivity contribution in [3.8, 4) is 11.1 Å². The topological polar surface area (TPSA) is 59.0 Å². The molecule has 142 valence electrons. The van der Waals surface area contributed by atoms with Gasteiger partial charge < -0.3 is 10.6 Å². The van der Waals surface area contributed by atoms with Crippen LogP contribution in [0.1, 0.15) is 37.4 Å². The second-order valence-corrected chi connectivity index (χ2v) is 8.00. The van der Waals surface area contributed by atoms with Crippen molar-refractivity contribution in [2.75, 3.05) is 10.6 Å². The minimum atomic E-state index is -0.0229. The van der Waals surface area contributed by atoms with Gasteiger partial charge in [0, 0.05) is 29.8 Å². The van der Waals surface area contributed by atoms with Crippen molar-refractivity contribution in [1.29, 1.82) is 0 Å². The number of rotatable bonds is 3. The molecule has 0 bridgehead atoms. The van der Waals surface area contributed by atoms with Crippen molar-refractivity contribution in [2.45, 2.75) is 44.7 Å². The molecule has 5 nitrogen and oxygen atoms in total. The standard InChI is InChI=1S/C23H24N4O/c1-15-13-21(28)25-20-10-6-9-18(22(20)24-15)19-14-27(26-16(19)2)23(11-12-23)17-7-4-3-5-8-17/h3-10,14-15,24H,11-13H2,1-2H3,(H,25,28)/t15-/m1/s1. The summed E-state index contributed by atoms with van der Waals surface area (Å²) in [5.41, 5.74) is 6.30. The van der Waals surface area contributed by atoms with E-state index in [9.17, 15) is 4.79 Å². The van der Waals surface area contributed by atoms with Gasteiger partial charge in [0.25, 0.3) is 0 Å². The number of para-hydroxylation sites is 1. The van der Waals surface area contributed by atoms with Gasteiger partial charge in [-0.05, 0) is 38.3 Å². The summed E-state index contributed by atoms with van der Waals surface area (Å²) in [6.07, 6.45) is 4.85. The lowest BCUT2D eigenvalue weighted by Gasteiger charge is -2.17. The summed E-state index contributed by atoms with van der Waals surface area (Å²) in [5.74, 6) is 0.0457. The van der Waals surface area contributed by atoms with Gasteiger partial charge in [0.05, 0.1) is 22.6 Å². The molecular weight excluding hydrogens is 348 g/mol. The van der Waals surface area contributed by atoms with E-state index in [2.05, 4.69) is 64.8 Å². The fourth-order valence-electron chi connectivity index (χ4n) is 4.27. The maximum Gasteiger partial charge on any atom is 0.226 e. The van der Waals surface area contributed by atoms with Crippen LogP contribution >= 0.6 is 0 Å². The van der Waals surface area contributed by atoms with E-state index in [1.165, 1.54) is 5.56 Å². The van der Waals surface area contributed by atoms with E-state index >= 15 is 0 Å². The second kappa shape index (κ2) is 6.23. The van der Waals surface area contributed by atoms with Crippen molar-refractivity contribution in [2.24, 2.45) is 0 Å². The van der Waals surface area contributed by atoms with Crippen LogP contribution in [0.25, 0.3) is 11.1 Å². The van der Waals surface area contributed by atoms with Crippen LogP contribution in [0.4, 0.5) is 11.4 Å². The van der Waals surface area contributed by atoms with Gasteiger partial charge in [-0.3, -0.25) is 9.48 Å². The zero-order chi connectivity index (χ0) is 19.3. The van der Waals surface area contributed by atoms with Crippen molar-refractivity contribution >= 4 is 17.3 Å². The molecule has 1 amide bonds. The van der Waals surface area contributed by atoms with Gasteiger partial charge in [0.15, 0.2) is 0 Å². The first-order valence-electron chi connectivity index (χ1n) is 9.89. The van der Waals surface area contributed by atoms with Gasteiger partial charge >= 0.3 is 0 Å². The monoisotopic (exact) mass is 372 g/mol. The predicted molar refractivity (Wildman–Crippen MR) is 111 cm³/mol. The SMILES string of the molecule is Cc1nn(C2(c3ccccc3)CC2)cc1-c1cccc2c1N[C@H](C)CC(=O)N2. The maximum absolute atomic E-state index is 12.1. The van der Waals surface area contributed by atoms with Crippen molar-refractivity contribution in [1.82, 2.24) is 9.78 Å². The zero-order valence-corrected chi connectivity index (χ0v) is 16.2. The fourth-order valence-corrected chi connectivity index (χ4v) is 4.27. The van der Waals surface area contributed by atoms with Gasteiger partial charge in [-0.2, -0.15) is 5.10 Å². The number of carbonyl (C=O) groups excluding carboxylic acids is 1. The molecule has 2 heterocycles. The average molecular weight is 372 g/mol. The molecule has 5 heteroatoms. The highest BCUT2D eigenvalue weighted by Crippen LogP contribution is 2.50. The summed E-state index contributed by atoms with van der Waals surface area (Å²) in [6, 6.07) is 16.8. The van der Waals surface area contributed by atoms with E-state index in [-0.39, 0.29) is 17.5 Å². The van der Waals surface area contributed by atoms with Crippen molar-refractivity contribution in [3.05, 3.63) is 66.0 Å². The number of benzene rings is 2. The normalized spacial score (nSPS) is 19.9. The number of nitrogens with zero attached hydrogens (tertiary/aromatic N) is 2. The van der Waals surface area contributed by atoms with Crippen LogP contribution in [-0.4, -0.2) is 21.7 Å². The van der Waals surface area contributed by atoms with Crippen LogP contribution in [0, 0.1) is 6.92 Å². The molecule has 0 saturated heterocycles. The Labute approximate surface area is 164 Å². The Kier molecular flexibility index (Phi) is 3.79. The van der Waals surface area contributed by atoms with Gasteiger partial charge in [-0.1, -0.05) is 42.5 Å². The van der Waals surface area contributed by atoms with Gasteiger partial charge in [0.2, 0.25) is 5.91 Å². The molecule has 2 aliphatic rings. The Bertz CT molecular complexity index is 1050. The molecule has 1 saturated carbocycles. The molecule has 1 aliphatic heterocycles. The third-order valence-corrected chi connectivity index (χ3v) is 5.88. The number of fused-ring (bicyclic) bond motifs is 1. The summed E-state index contributed by atoms with van der Waals surface area (Å²) in [7, 11) is 0. The quantitative estimate of drug-likeness (QED) is 0.710. The Morgan fingerprint density at radius 2 is 1.86 bits per heavy atom. The Morgan fingerprint density at radius 3 is 2.61 bits per heavy atom. The lowest BCUT2D eigenvalue weighted by molar-refractivity contribution is -0.116. The van der Waals surface area contributed by atoms with Crippen LogP contribution in [-0.2, 0) is 10.3 Å². The highest BCUT2D eigenvalue weighted by Gasteiger charge is 2.47. The smallest absolute Gasteiger partial charge is 0.226 e. The molecule has 2 N–H and O–H groups in total. The van der Waals surface area contributed by atoms with Crippen LogP contribution in [0.2, 0.25) is 0 Å². The lowest BCUT2D eigenvalue weighted by Crippen LogP contribution is -2.19. The first-order valence-corrected chi connectivity index (χ1v) is 9.89. The summed E-state index contributed by atoms with van der Waals surface area (Å²) >= 11 is 0. The third kappa shape index (κ3) is 2.70. The fraction of sp³-hybridized carbons (Fsp3) is 0.304. The minimum Gasteiger partial charge on any atom is -0.380 e. The molecule has 1 aromatic heterocycles. The number of nitrogens with one attached hydrogen (secondary N) is 2. The number of hydrogen-bond acceptors (Lipinski definition) is 3. The number of aryl methyl sites for hydroxylation is 1. The number of anilines is 2. The van der Waals surface area contributed by atoms with E-state index in [0.29, 0.717) is 6.42 Å². The Hall–Kier alpha value is -3.08. The zero-order valence-electron chi connectivity index (χ0n) is 16.2. The molecule has 0 radical (unpaired) electrons. The van der Waals surface area contributed by atoms with Crippen LogP contribution in [0.5, 0.6) is 0 Å². The molecule has 1 fully saturated rings. The molecule has 3 aromatic rings. The van der Waals surface area contributed by atoms with E-state index in [0.717, 1.165) is 41.0 Å². The maximum atomic E-state index is 12.1. The number of aromatic nitrogens is 2. The molecule has 0 unspecified atom stereocenters. The number of amides is 1. The second-order valence-electron chi connectivity index (χ2n) is 8.00. The summed E-state index contributed by atoms with van der Waals surface area (Å²) in [4.78, 5) is 12.1. The largest absolute Gasteiger partial charge is 0.380 e. The lowest BCUT2D eigenvalue weighted by atomic mass is 10.0. The molecule has 1 atom stereocenters. The first-order chi connectivity index (χ1) is 13.6. The van der Waals surface area contributed by atoms with E-state index in [4.69, 9.17) is 5.10 Å². The summed E-state index contributed by atoms with van der Waals surface area (Å²) < 4.78 is 2.14. The van der Waals surface area contributed by atoms with Crippen molar-refractivity contribution < 1.29 is 4.79 Å². The number of carbonyl (C=O) groups is 1. The summed E-state index contributed by atoms with van der Waals surface area (Å²) in [6.45, 7) is 4.10. The van der Waals surface area contributed by atoms with Crippen LogP contribution in [0.3, 0.4) is 0 Å². The molecule has 0 spiro atoms. The van der Waals surface area contributed by atoms with Gasteiger partial charge in [0.1, 0.15) is 0 Å². The third-order valence-electron chi connectivity index (χ3n) is 5.88. The highest BCUT2D eigenvalue weighted by molar-refractivity contribution is 6.00.